The Morgan fingerprint density at radius 3 is 2.38 bits per heavy atom. The van der Waals surface area contributed by atoms with Gasteiger partial charge in [-0.3, -0.25) is 9.69 Å². The number of rotatable bonds is 3. The number of phosphoric acid groups is 1. The number of carbonyl (C=O) groups is 1. The van der Waals surface area contributed by atoms with Gasteiger partial charge in [0.05, 0.1) is 0 Å². The highest BCUT2D eigenvalue weighted by Gasteiger charge is 2.16. The second kappa shape index (κ2) is 2.86. The monoisotopic (exact) mass is 136 g/mol. The third kappa shape index (κ3) is 2.79. The van der Waals surface area contributed by atoms with Crippen LogP contribution in [0.3, 0.4) is 0 Å². The van der Waals surface area contributed by atoms with Gasteiger partial charge in [0.1, 0.15) is 0 Å². The molecule has 0 bridgehead atoms. The van der Waals surface area contributed by atoms with Crippen molar-refractivity contribution >= 4 is 22.3 Å². The SMILES string of the molecule is [B]OP(=O)(O)OC=O. The van der Waals surface area contributed by atoms with Crippen molar-refractivity contribution < 1.29 is 23.2 Å². The Hall–Kier alpha value is -0.315. The van der Waals surface area contributed by atoms with Crippen LogP contribution in [0, 0.1) is 0 Å². The van der Waals surface area contributed by atoms with Gasteiger partial charge in [-0.25, -0.2) is 4.57 Å². The molecule has 0 aromatic heterocycles. The topological polar surface area (TPSA) is 72.8 Å². The van der Waals surface area contributed by atoms with Gasteiger partial charge in [-0.05, 0) is 0 Å². The maximum Gasteiger partial charge on any atom is 0.513 e. The van der Waals surface area contributed by atoms with Gasteiger partial charge in [0.15, 0.2) is 0 Å². The summed E-state index contributed by atoms with van der Waals surface area (Å²) in [5.41, 5.74) is 0. The van der Waals surface area contributed by atoms with Crippen molar-refractivity contribution in [1.29, 1.82) is 0 Å². The summed E-state index contributed by atoms with van der Waals surface area (Å²) in [6.07, 6.45) is 0. The van der Waals surface area contributed by atoms with Crippen LogP contribution in [0.25, 0.3) is 0 Å². The molecular formula is CH2BO5P. The minimum absolute atomic E-state index is 0.229. The molecule has 0 heterocycles. The standard InChI is InChI=1S/CH2BO5P/c2-7-8(4,5)6-1-3/h1H,(H,4,5). The molecular weight excluding hydrogens is 134 g/mol. The lowest BCUT2D eigenvalue weighted by Crippen LogP contribution is -1.88. The Morgan fingerprint density at radius 1 is 1.75 bits per heavy atom. The van der Waals surface area contributed by atoms with E-state index in [0.29, 0.717) is 0 Å². The molecule has 0 saturated carbocycles. The Labute approximate surface area is 46.7 Å². The quantitative estimate of drug-likeness (QED) is 0.317. The summed E-state index contributed by atoms with van der Waals surface area (Å²) in [6, 6.07) is 0. The Kier molecular flexibility index (Phi) is 2.75. The Bertz CT molecular complexity index is 122. The zero-order chi connectivity index (χ0) is 6.62. The fraction of sp³-hybridized carbons (Fsp3) is 0. The van der Waals surface area contributed by atoms with E-state index in [1.165, 1.54) is 0 Å². The fourth-order valence-electron chi connectivity index (χ4n) is 0.0792. The Morgan fingerprint density at radius 2 is 2.25 bits per heavy atom. The fourth-order valence-corrected chi connectivity index (χ4v) is 0.238. The molecule has 0 saturated heterocycles. The van der Waals surface area contributed by atoms with Crippen molar-refractivity contribution in [3.05, 3.63) is 0 Å². The lowest BCUT2D eigenvalue weighted by Gasteiger charge is -2.02. The molecule has 8 heavy (non-hydrogen) atoms. The van der Waals surface area contributed by atoms with Crippen LogP contribution in [0.15, 0.2) is 0 Å². The molecule has 1 unspecified atom stereocenters. The summed E-state index contributed by atoms with van der Waals surface area (Å²) < 4.78 is 16.7. The van der Waals surface area contributed by atoms with E-state index in [2.05, 4.69) is 17.0 Å². The van der Waals surface area contributed by atoms with Crippen molar-refractivity contribution in [2.45, 2.75) is 0 Å². The predicted octanol–water partition coefficient (Wildman–Crippen LogP) is -0.640. The van der Waals surface area contributed by atoms with Crippen molar-refractivity contribution in [2.24, 2.45) is 0 Å². The second-order valence-electron chi connectivity index (χ2n) is 0.776. The third-order valence-corrected chi connectivity index (χ3v) is 0.928. The van der Waals surface area contributed by atoms with E-state index in [1.54, 1.807) is 0 Å². The lowest BCUT2D eigenvalue weighted by molar-refractivity contribution is -0.121. The van der Waals surface area contributed by atoms with Gasteiger partial charge in [0.2, 0.25) is 0 Å². The molecule has 1 atom stereocenters. The highest BCUT2D eigenvalue weighted by atomic mass is 31.2. The van der Waals surface area contributed by atoms with Crippen LogP contribution in [0.1, 0.15) is 0 Å². The molecule has 1 N–H and O–H groups in total. The smallest absolute Gasteiger partial charge is 0.374 e. The zero-order valence-electron chi connectivity index (χ0n) is 3.68. The summed E-state index contributed by atoms with van der Waals surface area (Å²) in [4.78, 5) is 17.4. The van der Waals surface area contributed by atoms with E-state index in [-0.39, 0.29) is 6.47 Å². The van der Waals surface area contributed by atoms with Gasteiger partial charge in [0, 0.05) is 0 Å². The molecule has 0 aliphatic rings. The molecule has 7 heteroatoms. The molecule has 0 rings (SSSR count). The number of hydrogen-bond acceptors (Lipinski definition) is 4. The van der Waals surface area contributed by atoms with Gasteiger partial charge in [0.25, 0.3) is 0 Å². The summed E-state index contributed by atoms with van der Waals surface area (Å²) in [7, 11) is -0.0683. The largest absolute Gasteiger partial charge is 0.513 e. The van der Waals surface area contributed by atoms with Crippen molar-refractivity contribution in [1.82, 2.24) is 0 Å². The second-order valence-corrected chi connectivity index (χ2v) is 2.13. The van der Waals surface area contributed by atoms with Gasteiger partial charge in [-0.15, -0.1) is 0 Å². The summed E-state index contributed by atoms with van der Waals surface area (Å²) in [5, 5.41) is 0. The van der Waals surface area contributed by atoms with E-state index in [1.807, 2.05) is 0 Å². The van der Waals surface area contributed by atoms with Crippen molar-refractivity contribution in [2.75, 3.05) is 0 Å². The third-order valence-electron chi connectivity index (χ3n) is 0.309. The van der Waals surface area contributed by atoms with Crippen LogP contribution in [0.2, 0.25) is 0 Å². The summed E-state index contributed by atoms with van der Waals surface area (Å²) in [5.74, 6) is 0. The average Bonchev–Trinajstić information content (AvgIpc) is 1.67. The minimum Gasteiger partial charge on any atom is -0.374 e. The van der Waals surface area contributed by atoms with Gasteiger partial charge in [-0.2, -0.15) is 0 Å². The van der Waals surface area contributed by atoms with E-state index in [9.17, 15) is 9.36 Å². The Balaban J connectivity index is 3.72. The van der Waals surface area contributed by atoms with E-state index < -0.39 is 7.82 Å². The van der Waals surface area contributed by atoms with Crippen molar-refractivity contribution in [3.63, 3.8) is 0 Å². The molecule has 5 nitrogen and oxygen atoms in total. The number of hydrogen-bond donors (Lipinski definition) is 1. The number of phosphoric ester groups is 1. The predicted molar refractivity (Wildman–Crippen MR) is 23.8 cm³/mol. The van der Waals surface area contributed by atoms with Crippen LogP contribution in [0.5, 0.6) is 0 Å². The van der Waals surface area contributed by atoms with Crippen LogP contribution in [-0.4, -0.2) is 19.4 Å². The normalized spacial score (nSPS) is 16.6. The van der Waals surface area contributed by atoms with E-state index in [4.69, 9.17) is 4.89 Å². The zero-order valence-corrected chi connectivity index (χ0v) is 4.58. The molecule has 0 spiro atoms. The highest BCUT2D eigenvalue weighted by Crippen LogP contribution is 2.40. The molecule has 2 radical (unpaired) electrons. The summed E-state index contributed by atoms with van der Waals surface area (Å²) in [6.45, 7) is -0.229. The van der Waals surface area contributed by atoms with Crippen LogP contribution >= 0.6 is 7.82 Å². The van der Waals surface area contributed by atoms with Gasteiger partial charge < -0.3 is 8.96 Å². The maximum absolute atomic E-state index is 9.94. The van der Waals surface area contributed by atoms with Crippen LogP contribution in [-0.2, 0) is 18.3 Å². The molecule has 0 aromatic rings. The average molecular weight is 136 g/mol. The molecule has 0 aromatic carbocycles. The lowest BCUT2D eigenvalue weighted by atomic mass is 10.6. The van der Waals surface area contributed by atoms with Crippen LogP contribution < -0.4 is 0 Å². The molecule has 0 fully saturated rings. The molecule has 44 valence electrons. The number of carbonyl (C=O) groups excluding carboxylic acids is 1. The van der Waals surface area contributed by atoms with Gasteiger partial charge >= 0.3 is 22.3 Å². The highest BCUT2D eigenvalue weighted by molar-refractivity contribution is 7.48. The minimum atomic E-state index is -4.26. The first-order valence-corrected chi connectivity index (χ1v) is 2.95. The first-order valence-electron chi connectivity index (χ1n) is 1.45. The van der Waals surface area contributed by atoms with E-state index >= 15 is 0 Å². The first kappa shape index (κ1) is 7.68. The molecule has 0 aliphatic heterocycles. The van der Waals surface area contributed by atoms with Crippen LogP contribution in [0.4, 0.5) is 0 Å². The molecule has 0 amide bonds. The van der Waals surface area contributed by atoms with Crippen molar-refractivity contribution in [3.8, 4) is 0 Å². The summed E-state index contributed by atoms with van der Waals surface area (Å²) >= 11 is 0. The van der Waals surface area contributed by atoms with Gasteiger partial charge in [-0.1, -0.05) is 0 Å². The first-order chi connectivity index (χ1) is 3.62. The maximum atomic E-state index is 9.94. The molecule has 0 aliphatic carbocycles. The van der Waals surface area contributed by atoms with E-state index in [0.717, 1.165) is 0 Å².